The van der Waals surface area contributed by atoms with Gasteiger partial charge < -0.3 is 9.84 Å². The highest BCUT2D eigenvalue weighted by Gasteiger charge is 2.38. The molecule has 22 heavy (non-hydrogen) atoms. The van der Waals surface area contributed by atoms with Gasteiger partial charge in [-0.15, -0.1) is 0 Å². The normalized spacial score (nSPS) is 11.9. The van der Waals surface area contributed by atoms with E-state index >= 15 is 0 Å². The molecule has 1 amide bonds. The monoisotopic (exact) mass is 319 g/mol. The lowest BCUT2D eigenvalue weighted by molar-refractivity contribution is -0.170. The lowest BCUT2D eigenvalue weighted by atomic mass is 10.1. The molecule has 0 saturated heterocycles. The summed E-state index contributed by atoms with van der Waals surface area (Å²) in [5.74, 6) is -2.30. The summed E-state index contributed by atoms with van der Waals surface area (Å²) in [7, 11) is 0. The number of carbonyl (C=O) groups excluding carboxylic acids is 2. The van der Waals surface area contributed by atoms with Crippen LogP contribution in [0.2, 0.25) is 0 Å². The highest BCUT2D eigenvalue weighted by molar-refractivity contribution is 5.91. The molecule has 0 saturated carbocycles. The van der Waals surface area contributed by atoms with Crippen LogP contribution in [0.25, 0.3) is 0 Å². The van der Waals surface area contributed by atoms with Crippen LogP contribution < -0.4 is 5.32 Å². The van der Waals surface area contributed by atoms with Crippen LogP contribution in [-0.2, 0) is 16.0 Å². The largest absolute Gasteiger partial charge is 0.508 e. The van der Waals surface area contributed by atoms with Crippen molar-refractivity contribution in [1.29, 1.82) is 0 Å². The molecule has 1 rings (SSSR count). The molecule has 0 aliphatic rings. The van der Waals surface area contributed by atoms with Crippen molar-refractivity contribution in [2.24, 2.45) is 0 Å². The second-order valence-corrected chi connectivity index (χ2v) is 5.57. The van der Waals surface area contributed by atoms with Crippen LogP contribution in [0, 0.1) is 0 Å². The van der Waals surface area contributed by atoms with Crippen LogP contribution in [0.1, 0.15) is 26.3 Å². The number of anilines is 1. The van der Waals surface area contributed by atoms with Crippen molar-refractivity contribution in [1.82, 2.24) is 0 Å². The van der Waals surface area contributed by atoms with Gasteiger partial charge in [-0.2, -0.15) is 13.2 Å². The molecule has 0 aliphatic heterocycles. The quantitative estimate of drug-likeness (QED) is 0.837. The fourth-order valence-corrected chi connectivity index (χ4v) is 1.54. The molecule has 1 aromatic rings. The summed E-state index contributed by atoms with van der Waals surface area (Å²) in [6, 6.07) is 3.35. The topological polar surface area (TPSA) is 75.6 Å². The van der Waals surface area contributed by atoms with Crippen LogP contribution in [-0.4, -0.2) is 28.8 Å². The molecule has 122 valence electrons. The Hall–Kier alpha value is -2.25. The van der Waals surface area contributed by atoms with Crippen LogP contribution in [0.5, 0.6) is 5.75 Å². The van der Waals surface area contributed by atoms with Gasteiger partial charge in [0, 0.05) is 12.1 Å². The van der Waals surface area contributed by atoms with E-state index in [1.54, 1.807) is 20.8 Å². The Kier molecular flexibility index (Phi) is 5.05. The van der Waals surface area contributed by atoms with Crippen molar-refractivity contribution >= 4 is 17.6 Å². The maximum atomic E-state index is 12.3. The number of ether oxygens (including phenoxy) is 1. The number of amides is 1. The molecule has 1 aromatic carbocycles. The van der Waals surface area contributed by atoms with Gasteiger partial charge in [-0.3, -0.25) is 10.1 Å². The van der Waals surface area contributed by atoms with E-state index in [1.165, 1.54) is 12.1 Å². The second-order valence-electron chi connectivity index (χ2n) is 5.57. The number of benzene rings is 1. The molecule has 5 nitrogen and oxygen atoms in total. The highest BCUT2D eigenvalue weighted by Crippen LogP contribution is 2.26. The molecule has 0 radical (unpaired) electrons. The smallest absolute Gasteiger partial charge is 0.450 e. The average molecular weight is 319 g/mol. The van der Waals surface area contributed by atoms with Gasteiger partial charge in [-0.05, 0) is 44.5 Å². The van der Waals surface area contributed by atoms with Gasteiger partial charge in [0.05, 0.1) is 0 Å². The van der Waals surface area contributed by atoms with E-state index in [4.69, 9.17) is 4.74 Å². The molecule has 0 aliphatic carbocycles. The Labute approximate surface area is 125 Å². The molecule has 0 atom stereocenters. The first-order valence-electron chi connectivity index (χ1n) is 6.30. The number of ketones is 1. The number of alkyl halides is 3. The minimum atomic E-state index is -4.99. The van der Waals surface area contributed by atoms with Gasteiger partial charge >= 0.3 is 12.3 Å². The van der Waals surface area contributed by atoms with Crippen molar-refractivity contribution in [3.63, 3.8) is 0 Å². The molecule has 0 bridgehead atoms. The standard InChI is InChI=1S/C14H16F3NO4/c1-13(2,3)22-12(21)18-10-5-4-9(19)6-8(10)7-11(20)14(15,16)17/h4-6,19H,7H2,1-3H3,(H,18,21). The first kappa shape index (κ1) is 17.8. The summed E-state index contributed by atoms with van der Waals surface area (Å²) in [5, 5.41) is 11.6. The Balaban J connectivity index is 2.96. The minimum Gasteiger partial charge on any atom is -0.508 e. The Bertz CT molecular complexity index is 576. The maximum Gasteiger partial charge on any atom is 0.450 e. The van der Waals surface area contributed by atoms with Crippen LogP contribution in [0.4, 0.5) is 23.7 Å². The number of halogens is 3. The first-order chi connectivity index (χ1) is 9.88. The number of phenols is 1. The lowest BCUT2D eigenvalue weighted by Crippen LogP contribution is -2.28. The number of hydrogen-bond donors (Lipinski definition) is 2. The van der Waals surface area contributed by atoms with Gasteiger partial charge in [-0.25, -0.2) is 4.79 Å². The van der Waals surface area contributed by atoms with E-state index in [0.29, 0.717) is 0 Å². The Morgan fingerprint density at radius 3 is 2.32 bits per heavy atom. The third-order valence-electron chi connectivity index (χ3n) is 2.39. The zero-order chi connectivity index (χ0) is 17.1. The summed E-state index contributed by atoms with van der Waals surface area (Å²) in [6.45, 7) is 4.87. The third-order valence-corrected chi connectivity index (χ3v) is 2.39. The fourth-order valence-electron chi connectivity index (χ4n) is 1.54. The number of Topliss-reactive ketones (excluding diaryl/α,β-unsaturated/α-hetero) is 1. The SMILES string of the molecule is CC(C)(C)OC(=O)Nc1ccc(O)cc1CC(=O)C(F)(F)F. The molecule has 0 heterocycles. The van der Waals surface area contributed by atoms with Crippen LogP contribution >= 0.6 is 0 Å². The zero-order valence-electron chi connectivity index (χ0n) is 12.2. The number of hydrogen-bond acceptors (Lipinski definition) is 4. The number of aromatic hydroxyl groups is 1. The zero-order valence-corrected chi connectivity index (χ0v) is 12.2. The maximum absolute atomic E-state index is 12.3. The van der Waals surface area contributed by atoms with E-state index in [9.17, 15) is 27.9 Å². The summed E-state index contributed by atoms with van der Waals surface area (Å²) in [4.78, 5) is 22.7. The Morgan fingerprint density at radius 1 is 1.23 bits per heavy atom. The predicted octanol–water partition coefficient (Wildman–Crippen LogP) is 3.41. The van der Waals surface area contributed by atoms with Gasteiger partial charge in [0.2, 0.25) is 5.78 Å². The van der Waals surface area contributed by atoms with Crippen molar-refractivity contribution < 1.29 is 32.6 Å². The number of nitrogens with one attached hydrogen (secondary N) is 1. The van der Waals surface area contributed by atoms with E-state index in [-0.39, 0.29) is 17.0 Å². The van der Waals surface area contributed by atoms with Crippen molar-refractivity contribution in [2.45, 2.75) is 39.0 Å². The fraction of sp³-hybridized carbons (Fsp3) is 0.429. The van der Waals surface area contributed by atoms with E-state index in [1.807, 2.05) is 0 Å². The Morgan fingerprint density at radius 2 is 1.82 bits per heavy atom. The summed E-state index contributed by atoms with van der Waals surface area (Å²) in [5.41, 5.74) is -0.985. The molecule has 0 aromatic heterocycles. The molecule has 0 fully saturated rings. The van der Waals surface area contributed by atoms with Gasteiger partial charge in [0.15, 0.2) is 0 Å². The summed E-state index contributed by atoms with van der Waals surface area (Å²) in [6.07, 6.45) is -6.86. The van der Waals surface area contributed by atoms with E-state index in [2.05, 4.69) is 5.32 Å². The van der Waals surface area contributed by atoms with Gasteiger partial charge in [-0.1, -0.05) is 0 Å². The van der Waals surface area contributed by atoms with Crippen molar-refractivity contribution in [3.8, 4) is 5.75 Å². The first-order valence-corrected chi connectivity index (χ1v) is 6.30. The number of rotatable bonds is 3. The molecule has 0 unspecified atom stereocenters. The average Bonchev–Trinajstić information content (AvgIpc) is 2.29. The minimum absolute atomic E-state index is 0.0374. The highest BCUT2D eigenvalue weighted by atomic mass is 19.4. The molecule has 8 heteroatoms. The number of carbonyl (C=O) groups is 2. The molecule has 2 N–H and O–H groups in total. The predicted molar refractivity (Wildman–Crippen MR) is 72.7 cm³/mol. The van der Waals surface area contributed by atoms with E-state index in [0.717, 1.165) is 6.07 Å². The van der Waals surface area contributed by atoms with Crippen LogP contribution in [0.15, 0.2) is 18.2 Å². The van der Waals surface area contributed by atoms with Crippen molar-refractivity contribution in [2.75, 3.05) is 5.32 Å². The second kappa shape index (κ2) is 6.25. The third kappa shape index (κ3) is 5.63. The molecule has 0 spiro atoms. The van der Waals surface area contributed by atoms with Crippen molar-refractivity contribution in [3.05, 3.63) is 23.8 Å². The number of phenolic OH excluding ortho intramolecular Hbond substituents is 1. The molecular formula is C14H16F3NO4. The summed E-state index contributed by atoms with van der Waals surface area (Å²) >= 11 is 0. The van der Waals surface area contributed by atoms with E-state index < -0.39 is 30.1 Å². The summed E-state index contributed by atoms with van der Waals surface area (Å²) < 4.78 is 42.0. The van der Waals surface area contributed by atoms with Gasteiger partial charge in [0.25, 0.3) is 0 Å². The van der Waals surface area contributed by atoms with Gasteiger partial charge in [0.1, 0.15) is 11.4 Å². The molecular weight excluding hydrogens is 303 g/mol. The lowest BCUT2D eigenvalue weighted by Gasteiger charge is -2.20. The van der Waals surface area contributed by atoms with Crippen LogP contribution in [0.3, 0.4) is 0 Å².